The Bertz CT molecular complexity index is 1150. The summed E-state index contributed by atoms with van der Waals surface area (Å²) in [5.74, 6) is -2.37. The maximum absolute atomic E-state index is 11.7. The molecule has 0 fully saturated rings. The number of aliphatic hydroxyl groups is 1. The van der Waals surface area contributed by atoms with Crippen LogP contribution in [0.15, 0.2) is 66.7 Å². The van der Waals surface area contributed by atoms with Crippen LogP contribution in [-0.4, -0.2) is 46.4 Å². The van der Waals surface area contributed by atoms with Gasteiger partial charge in [0.25, 0.3) is 0 Å². The van der Waals surface area contributed by atoms with Crippen molar-refractivity contribution in [3.63, 3.8) is 0 Å². The zero-order chi connectivity index (χ0) is 24.0. The van der Waals surface area contributed by atoms with E-state index in [1.165, 1.54) is 12.1 Å². The van der Waals surface area contributed by atoms with Gasteiger partial charge in [-0.15, -0.1) is 0 Å². The molecule has 0 amide bonds. The fourth-order valence-electron chi connectivity index (χ4n) is 3.39. The molecular weight excluding hydrogens is 444 g/mol. The summed E-state index contributed by atoms with van der Waals surface area (Å²) < 4.78 is 0. The molecule has 0 spiro atoms. The molecule has 0 unspecified atom stereocenters. The normalized spacial score (nSPS) is 12.7. The Morgan fingerprint density at radius 1 is 0.939 bits per heavy atom. The van der Waals surface area contributed by atoms with Crippen LogP contribution in [0.2, 0.25) is 5.02 Å². The number of aliphatic hydroxyl groups excluding tert-OH is 1. The number of hydrogen-bond donors (Lipinski definition) is 5. The van der Waals surface area contributed by atoms with E-state index in [0.29, 0.717) is 29.2 Å². The molecule has 3 aromatic carbocycles. The van der Waals surface area contributed by atoms with E-state index < -0.39 is 18.0 Å². The fraction of sp³-hybridized carbons (Fsp3) is 0.200. The smallest absolute Gasteiger partial charge is 0.336 e. The Labute approximate surface area is 196 Å². The van der Waals surface area contributed by atoms with Gasteiger partial charge in [-0.05, 0) is 60.0 Å². The number of carboxylic acids is 2. The second-order valence-corrected chi connectivity index (χ2v) is 8.15. The molecule has 0 aliphatic carbocycles. The van der Waals surface area contributed by atoms with Crippen LogP contribution in [0, 0.1) is 0 Å². The van der Waals surface area contributed by atoms with E-state index >= 15 is 0 Å². The highest BCUT2D eigenvalue weighted by atomic mass is 35.5. The summed E-state index contributed by atoms with van der Waals surface area (Å²) in [6.07, 6.45) is -0.683. The van der Waals surface area contributed by atoms with Gasteiger partial charge >= 0.3 is 11.9 Å². The molecule has 3 aromatic rings. The van der Waals surface area contributed by atoms with Crippen molar-refractivity contribution in [2.45, 2.75) is 19.1 Å². The Balaban J connectivity index is 1.63. The van der Waals surface area contributed by atoms with Crippen molar-refractivity contribution in [1.29, 1.82) is 0 Å². The summed E-state index contributed by atoms with van der Waals surface area (Å²) in [4.78, 5) is 22.9. The topological polar surface area (TPSA) is 119 Å². The third kappa shape index (κ3) is 6.55. The largest absolute Gasteiger partial charge is 0.478 e. The lowest BCUT2D eigenvalue weighted by Crippen LogP contribution is -2.35. The standard InChI is InChI=1S/C25H25ClN2O5/c1-15(27-14-23(29)17-5-2-6-19(26)10-17)13-28-20-7-3-4-16(11-20)21-9-8-18(24(30)31)12-22(21)25(32)33/h2-12,15,23,27-29H,13-14H2,1H3,(H,30,31)(H,32,33)/t15-,23-/m0/s1. The molecule has 0 bridgehead atoms. The zero-order valence-corrected chi connectivity index (χ0v) is 18.7. The van der Waals surface area contributed by atoms with Gasteiger partial charge in [-0.1, -0.05) is 41.9 Å². The molecule has 0 saturated heterocycles. The number of nitrogens with one attached hydrogen (secondary N) is 2. The van der Waals surface area contributed by atoms with Crippen molar-refractivity contribution in [2.75, 3.05) is 18.4 Å². The minimum absolute atomic E-state index is 0.0342. The van der Waals surface area contributed by atoms with Crippen molar-refractivity contribution in [2.24, 2.45) is 0 Å². The molecule has 0 aliphatic rings. The minimum Gasteiger partial charge on any atom is -0.478 e. The van der Waals surface area contributed by atoms with Gasteiger partial charge in [0, 0.05) is 29.8 Å². The van der Waals surface area contributed by atoms with E-state index in [2.05, 4.69) is 10.6 Å². The van der Waals surface area contributed by atoms with E-state index in [1.807, 2.05) is 25.1 Å². The summed E-state index contributed by atoms with van der Waals surface area (Å²) >= 11 is 5.97. The Morgan fingerprint density at radius 2 is 1.70 bits per heavy atom. The first-order valence-corrected chi connectivity index (χ1v) is 10.7. The van der Waals surface area contributed by atoms with Gasteiger partial charge < -0.3 is 26.0 Å². The van der Waals surface area contributed by atoms with Gasteiger partial charge in [-0.2, -0.15) is 0 Å². The Kier molecular flexibility index (Phi) is 8.06. The third-order valence-electron chi connectivity index (χ3n) is 5.18. The van der Waals surface area contributed by atoms with Crippen LogP contribution in [0.5, 0.6) is 0 Å². The van der Waals surface area contributed by atoms with E-state index in [-0.39, 0.29) is 17.2 Å². The number of aromatic carboxylic acids is 2. The van der Waals surface area contributed by atoms with Gasteiger partial charge in [-0.25, -0.2) is 9.59 Å². The Morgan fingerprint density at radius 3 is 2.39 bits per heavy atom. The van der Waals surface area contributed by atoms with Crippen molar-refractivity contribution < 1.29 is 24.9 Å². The van der Waals surface area contributed by atoms with E-state index in [1.54, 1.807) is 30.3 Å². The lowest BCUT2D eigenvalue weighted by atomic mass is 9.97. The van der Waals surface area contributed by atoms with Crippen LogP contribution < -0.4 is 10.6 Å². The first-order valence-electron chi connectivity index (χ1n) is 10.4. The van der Waals surface area contributed by atoms with Gasteiger partial charge in [0.05, 0.1) is 17.2 Å². The average Bonchev–Trinajstić information content (AvgIpc) is 2.80. The molecule has 172 valence electrons. The number of benzene rings is 3. The second-order valence-electron chi connectivity index (χ2n) is 7.71. The van der Waals surface area contributed by atoms with Crippen LogP contribution in [0.3, 0.4) is 0 Å². The molecule has 7 nitrogen and oxygen atoms in total. The van der Waals surface area contributed by atoms with Crippen LogP contribution in [0.4, 0.5) is 5.69 Å². The number of carboxylic acid groups (broad SMARTS) is 2. The molecule has 0 radical (unpaired) electrons. The summed E-state index contributed by atoms with van der Waals surface area (Å²) in [5.41, 5.74) is 2.47. The number of rotatable bonds is 10. The van der Waals surface area contributed by atoms with E-state index in [9.17, 15) is 19.8 Å². The predicted octanol–water partition coefficient (Wildman–Crippen LogP) is 4.53. The van der Waals surface area contributed by atoms with Gasteiger partial charge in [-0.3, -0.25) is 0 Å². The average molecular weight is 469 g/mol. The number of anilines is 1. The lowest BCUT2D eigenvalue weighted by Gasteiger charge is -2.19. The summed E-state index contributed by atoms with van der Waals surface area (Å²) in [7, 11) is 0. The van der Waals surface area contributed by atoms with Crippen LogP contribution in [0.1, 0.15) is 39.3 Å². The molecule has 33 heavy (non-hydrogen) atoms. The highest BCUT2D eigenvalue weighted by Gasteiger charge is 2.16. The van der Waals surface area contributed by atoms with Gasteiger partial charge in [0.15, 0.2) is 0 Å². The molecule has 0 saturated carbocycles. The van der Waals surface area contributed by atoms with Gasteiger partial charge in [0.2, 0.25) is 0 Å². The SMILES string of the molecule is C[C@@H](CNc1cccc(-c2ccc(C(=O)O)cc2C(=O)O)c1)NC[C@H](O)c1cccc(Cl)c1. The van der Waals surface area contributed by atoms with E-state index in [4.69, 9.17) is 16.7 Å². The maximum atomic E-state index is 11.7. The van der Waals surface area contributed by atoms with Gasteiger partial charge in [0.1, 0.15) is 0 Å². The Hall–Kier alpha value is -3.39. The van der Waals surface area contributed by atoms with E-state index in [0.717, 1.165) is 17.3 Å². The minimum atomic E-state index is -1.19. The fourth-order valence-corrected chi connectivity index (χ4v) is 3.59. The van der Waals surface area contributed by atoms with Crippen molar-refractivity contribution in [3.05, 3.63) is 88.4 Å². The molecule has 0 heterocycles. The summed E-state index contributed by atoms with van der Waals surface area (Å²) in [5, 5.41) is 36.2. The third-order valence-corrected chi connectivity index (χ3v) is 5.41. The quantitative estimate of drug-likeness (QED) is 0.296. The monoisotopic (exact) mass is 468 g/mol. The maximum Gasteiger partial charge on any atom is 0.336 e. The number of halogens is 1. The van der Waals surface area contributed by atoms with Crippen LogP contribution in [-0.2, 0) is 0 Å². The van der Waals surface area contributed by atoms with Crippen molar-refractivity contribution in [3.8, 4) is 11.1 Å². The van der Waals surface area contributed by atoms with Crippen molar-refractivity contribution >= 4 is 29.2 Å². The van der Waals surface area contributed by atoms with Crippen molar-refractivity contribution in [1.82, 2.24) is 5.32 Å². The molecular formula is C25H25ClN2O5. The van der Waals surface area contributed by atoms with Crippen LogP contribution >= 0.6 is 11.6 Å². The molecule has 5 N–H and O–H groups in total. The zero-order valence-electron chi connectivity index (χ0n) is 18.0. The second kappa shape index (κ2) is 11.0. The molecule has 0 aliphatic heterocycles. The summed E-state index contributed by atoms with van der Waals surface area (Å²) in [6.45, 7) is 2.91. The first-order chi connectivity index (χ1) is 15.7. The predicted molar refractivity (Wildman–Crippen MR) is 128 cm³/mol. The lowest BCUT2D eigenvalue weighted by molar-refractivity contribution is 0.0696. The number of hydrogen-bond acceptors (Lipinski definition) is 5. The molecule has 0 aromatic heterocycles. The highest BCUT2D eigenvalue weighted by molar-refractivity contribution is 6.30. The van der Waals surface area contributed by atoms with Crippen LogP contribution in [0.25, 0.3) is 11.1 Å². The summed E-state index contributed by atoms with van der Waals surface area (Å²) in [6, 6.07) is 18.5. The first kappa shape index (κ1) is 24.3. The molecule has 3 rings (SSSR count). The molecule has 8 heteroatoms. The highest BCUT2D eigenvalue weighted by Crippen LogP contribution is 2.27. The number of carbonyl (C=O) groups is 2. The molecule has 2 atom stereocenters.